The van der Waals surface area contributed by atoms with E-state index in [1.807, 2.05) is 12.1 Å². The molecule has 0 aliphatic rings. The van der Waals surface area contributed by atoms with Gasteiger partial charge < -0.3 is 10.8 Å². The van der Waals surface area contributed by atoms with Crippen LogP contribution in [0.4, 0.5) is 0 Å². The van der Waals surface area contributed by atoms with E-state index in [1.54, 1.807) is 24.7 Å². The minimum atomic E-state index is -0.823. The summed E-state index contributed by atoms with van der Waals surface area (Å²) in [5, 5.41) is 9.53. The highest BCUT2D eigenvalue weighted by atomic mass is 16.3. The number of rotatable bonds is 3. The van der Waals surface area contributed by atoms with Crippen LogP contribution in [0.25, 0.3) is 11.3 Å². The molecule has 0 aromatic carbocycles. The summed E-state index contributed by atoms with van der Waals surface area (Å²) in [5.74, 6) is 0.337. The van der Waals surface area contributed by atoms with Crippen LogP contribution in [-0.2, 0) is 0 Å². The van der Waals surface area contributed by atoms with Gasteiger partial charge in [-0.25, -0.2) is 9.97 Å². The molecule has 82 valence electrons. The number of aliphatic hydroxyl groups excluding tert-OH is 1. The normalized spacial score (nSPS) is 12.4. The highest BCUT2D eigenvalue weighted by molar-refractivity contribution is 5.56. The minimum Gasteiger partial charge on any atom is -0.384 e. The van der Waals surface area contributed by atoms with Gasteiger partial charge >= 0.3 is 0 Å². The SMILES string of the molecule is NCC(O)c1nccc(-c2cccnc2)n1. The summed E-state index contributed by atoms with van der Waals surface area (Å²) >= 11 is 0. The first-order valence-corrected chi connectivity index (χ1v) is 4.92. The van der Waals surface area contributed by atoms with Gasteiger partial charge in [-0.2, -0.15) is 0 Å². The van der Waals surface area contributed by atoms with Crippen molar-refractivity contribution in [3.63, 3.8) is 0 Å². The number of aromatic nitrogens is 3. The first kappa shape index (κ1) is 10.7. The highest BCUT2D eigenvalue weighted by Gasteiger charge is 2.09. The fraction of sp³-hybridized carbons (Fsp3) is 0.182. The summed E-state index contributed by atoms with van der Waals surface area (Å²) in [6, 6.07) is 5.49. The summed E-state index contributed by atoms with van der Waals surface area (Å²) in [7, 11) is 0. The molecular formula is C11H12N4O. The predicted molar refractivity (Wildman–Crippen MR) is 59.3 cm³/mol. The van der Waals surface area contributed by atoms with Crippen LogP contribution in [0.15, 0.2) is 36.8 Å². The van der Waals surface area contributed by atoms with Gasteiger partial charge in [0.1, 0.15) is 6.10 Å². The molecule has 2 aromatic heterocycles. The van der Waals surface area contributed by atoms with E-state index < -0.39 is 6.10 Å². The monoisotopic (exact) mass is 216 g/mol. The van der Waals surface area contributed by atoms with Gasteiger partial charge in [-0.05, 0) is 18.2 Å². The highest BCUT2D eigenvalue weighted by Crippen LogP contribution is 2.16. The smallest absolute Gasteiger partial charge is 0.158 e. The Morgan fingerprint density at radius 2 is 2.19 bits per heavy atom. The van der Waals surface area contributed by atoms with Gasteiger partial charge in [-0.1, -0.05) is 0 Å². The van der Waals surface area contributed by atoms with Crippen molar-refractivity contribution in [3.05, 3.63) is 42.6 Å². The third kappa shape index (κ3) is 2.21. The number of hydrogen-bond acceptors (Lipinski definition) is 5. The molecule has 5 nitrogen and oxygen atoms in total. The summed E-state index contributed by atoms with van der Waals surface area (Å²) in [5.41, 5.74) is 6.96. The standard InChI is InChI=1S/C11H12N4O/c12-6-10(16)11-14-5-3-9(15-11)8-2-1-4-13-7-8/h1-5,7,10,16H,6,12H2. The molecule has 2 aromatic rings. The first-order chi connectivity index (χ1) is 7.81. The summed E-state index contributed by atoms with van der Waals surface area (Å²) in [4.78, 5) is 12.2. The van der Waals surface area contributed by atoms with Crippen molar-refractivity contribution in [1.29, 1.82) is 0 Å². The predicted octanol–water partition coefficient (Wildman–Crippen LogP) is 0.531. The quantitative estimate of drug-likeness (QED) is 0.781. The van der Waals surface area contributed by atoms with Crippen molar-refractivity contribution in [1.82, 2.24) is 15.0 Å². The maximum absolute atomic E-state index is 9.53. The fourth-order valence-electron chi connectivity index (χ4n) is 1.31. The summed E-state index contributed by atoms with van der Waals surface area (Å²) < 4.78 is 0. The molecule has 0 saturated heterocycles. The van der Waals surface area contributed by atoms with Gasteiger partial charge in [-0.15, -0.1) is 0 Å². The Bertz CT molecular complexity index is 461. The molecule has 0 aliphatic heterocycles. The van der Waals surface area contributed by atoms with Gasteiger partial charge in [0.15, 0.2) is 5.82 Å². The van der Waals surface area contributed by atoms with Gasteiger partial charge in [0.25, 0.3) is 0 Å². The second kappa shape index (κ2) is 4.78. The number of hydrogen-bond donors (Lipinski definition) is 2. The van der Waals surface area contributed by atoms with E-state index in [2.05, 4.69) is 15.0 Å². The molecular weight excluding hydrogens is 204 g/mol. The van der Waals surface area contributed by atoms with Crippen molar-refractivity contribution < 1.29 is 5.11 Å². The Balaban J connectivity index is 2.36. The third-order valence-corrected chi connectivity index (χ3v) is 2.15. The molecule has 0 amide bonds. The van der Waals surface area contributed by atoms with E-state index >= 15 is 0 Å². The molecule has 0 aliphatic carbocycles. The summed E-state index contributed by atoms with van der Waals surface area (Å²) in [6.45, 7) is 0.108. The lowest BCUT2D eigenvalue weighted by Crippen LogP contribution is -2.14. The molecule has 1 atom stereocenters. The molecule has 3 N–H and O–H groups in total. The third-order valence-electron chi connectivity index (χ3n) is 2.15. The molecule has 0 radical (unpaired) electrons. The second-order valence-electron chi connectivity index (χ2n) is 3.29. The maximum atomic E-state index is 9.53. The fourth-order valence-corrected chi connectivity index (χ4v) is 1.31. The zero-order chi connectivity index (χ0) is 11.4. The molecule has 2 rings (SSSR count). The number of nitrogens with two attached hydrogens (primary N) is 1. The number of nitrogens with zero attached hydrogens (tertiary/aromatic N) is 3. The van der Waals surface area contributed by atoms with Crippen LogP contribution >= 0.6 is 0 Å². The molecule has 16 heavy (non-hydrogen) atoms. The zero-order valence-electron chi connectivity index (χ0n) is 8.61. The zero-order valence-corrected chi connectivity index (χ0v) is 8.61. The average Bonchev–Trinajstić information content (AvgIpc) is 2.39. The topological polar surface area (TPSA) is 84.9 Å². The Hall–Kier alpha value is -1.85. The van der Waals surface area contributed by atoms with Gasteiger partial charge in [0.05, 0.1) is 5.69 Å². The van der Waals surface area contributed by atoms with Gasteiger partial charge in [0, 0.05) is 30.7 Å². The first-order valence-electron chi connectivity index (χ1n) is 4.92. The summed E-state index contributed by atoms with van der Waals surface area (Å²) in [6.07, 6.45) is 4.18. The average molecular weight is 216 g/mol. The Morgan fingerprint density at radius 3 is 2.88 bits per heavy atom. The molecule has 0 bridgehead atoms. The number of pyridine rings is 1. The Morgan fingerprint density at radius 1 is 1.31 bits per heavy atom. The van der Waals surface area contributed by atoms with Crippen molar-refractivity contribution in [2.24, 2.45) is 5.73 Å². The number of aliphatic hydroxyl groups is 1. The lowest BCUT2D eigenvalue weighted by molar-refractivity contribution is 0.176. The van der Waals surface area contributed by atoms with Crippen molar-refractivity contribution in [2.75, 3.05) is 6.54 Å². The second-order valence-corrected chi connectivity index (χ2v) is 3.29. The molecule has 5 heteroatoms. The lowest BCUT2D eigenvalue weighted by atomic mass is 10.2. The van der Waals surface area contributed by atoms with Gasteiger partial charge in [0.2, 0.25) is 0 Å². The minimum absolute atomic E-state index is 0.108. The van der Waals surface area contributed by atoms with Crippen molar-refractivity contribution >= 4 is 0 Å². The van der Waals surface area contributed by atoms with E-state index in [0.29, 0.717) is 5.82 Å². The van der Waals surface area contributed by atoms with Crippen LogP contribution in [0.3, 0.4) is 0 Å². The van der Waals surface area contributed by atoms with E-state index in [0.717, 1.165) is 11.3 Å². The Kier molecular flexibility index (Phi) is 3.19. The van der Waals surface area contributed by atoms with E-state index in [4.69, 9.17) is 5.73 Å². The van der Waals surface area contributed by atoms with Crippen LogP contribution in [0, 0.1) is 0 Å². The molecule has 0 fully saturated rings. The van der Waals surface area contributed by atoms with E-state index in [9.17, 15) is 5.11 Å². The molecule has 1 unspecified atom stereocenters. The van der Waals surface area contributed by atoms with Crippen LogP contribution < -0.4 is 5.73 Å². The van der Waals surface area contributed by atoms with Crippen LogP contribution in [-0.4, -0.2) is 26.6 Å². The molecule has 0 saturated carbocycles. The largest absolute Gasteiger partial charge is 0.384 e. The lowest BCUT2D eigenvalue weighted by Gasteiger charge is -2.07. The van der Waals surface area contributed by atoms with E-state index in [1.165, 1.54) is 0 Å². The Labute approximate surface area is 93.0 Å². The maximum Gasteiger partial charge on any atom is 0.158 e. The van der Waals surface area contributed by atoms with Crippen LogP contribution in [0.2, 0.25) is 0 Å². The van der Waals surface area contributed by atoms with Crippen LogP contribution in [0.5, 0.6) is 0 Å². The van der Waals surface area contributed by atoms with Crippen molar-refractivity contribution in [3.8, 4) is 11.3 Å². The molecule has 2 heterocycles. The van der Waals surface area contributed by atoms with Crippen LogP contribution in [0.1, 0.15) is 11.9 Å². The van der Waals surface area contributed by atoms with Gasteiger partial charge in [-0.3, -0.25) is 4.98 Å². The molecule has 0 spiro atoms. The van der Waals surface area contributed by atoms with E-state index in [-0.39, 0.29) is 6.54 Å². The van der Waals surface area contributed by atoms with Crippen molar-refractivity contribution in [2.45, 2.75) is 6.10 Å².